The molecule has 0 bridgehead atoms. The molecule has 0 spiro atoms. The molecule has 4 nitrogen and oxygen atoms in total. The SMILES string of the molecule is C=CCOc1ccc(/C=N\NC(=O)c2cccc(C(F)(F)F)c2)cc1. The quantitative estimate of drug-likeness (QED) is 0.487. The second-order valence-corrected chi connectivity index (χ2v) is 4.95. The van der Waals surface area contributed by atoms with E-state index in [0.717, 1.165) is 12.1 Å². The predicted octanol–water partition coefficient (Wildman–Crippen LogP) is 4.03. The summed E-state index contributed by atoms with van der Waals surface area (Å²) in [7, 11) is 0. The Balaban J connectivity index is 1.97. The first kappa shape index (κ1) is 18.3. The van der Waals surface area contributed by atoms with Crippen LogP contribution in [0.25, 0.3) is 0 Å². The van der Waals surface area contributed by atoms with Gasteiger partial charge in [0, 0.05) is 5.56 Å². The van der Waals surface area contributed by atoms with Crippen molar-refractivity contribution in [1.29, 1.82) is 0 Å². The fourth-order valence-corrected chi connectivity index (χ4v) is 1.87. The van der Waals surface area contributed by atoms with E-state index in [1.54, 1.807) is 30.3 Å². The van der Waals surface area contributed by atoms with E-state index in [2.05, 4.69) is 17.1 Å². The molecule has 0 aliphatic rings. The topological polar surface area (TPSA) is 50.7 Å². The number of hydrogen-bond donors (Lipinski definition) is 1. The van der Waals surface area contributed by atoms with E-state index < -0.39 is 17.6 Å². The molecule has 0 fully saturated rings. The minimum absolute atomic E-state index is 0.125. The molecule has 2 rings (SSSR count). The molecule has 2 aromatic rings. The van der Waals surface area contributed by atoms with Crippen molar-refractivity contribution in [2.24, 2.45) is 5.10 Å². The summed E-state index contributed by atoms with van der Waals surface area (Å²) in [6, 6.07) is 11.0. The van der Waals surface area contributed by atoms with E-state index in [1.807, 2.05) is 0 Å². The Morgan fingerprint density at radius 1 is 1.20 bits per heavy atom. The zero-order valence-corrected chi connectivity index (χ0v) is 13.1. The van der Waals surface area contributed by atoms with Gasteiger partial charge in [-0.1, -0.05) is 18.7 Å². The molecule has 7 heteroatoms. The number of benzene rings is 2. The van der Waals surface area contributed by atoms with Crippen molar-refractivity contribution in [2.45, 2.75) is 6.18 Å². The largest absolute Gasteiger partial charge is 0.490 e. The van der Waals surface area contributed by atoms with Crippen LogP contribution in [0.3, 0.4) is 0 Å². The summed E-state index contributed by atoms with van der Waals surface area (Å²) in [6.07, 6.45) is -1.50. The highest BCUT2D eigenvalue weighted by atomic mass is 19.4. The molecule has 0 aliphatic heterocycles. The number of halogens is 3. The van der Waals surface area contributed by atoms with E-state index in [4.69, 9.17) is 4.74 Å². The van der Waals surface area contributed by atoms with Crippen LogP contribution in [0.15, 0.2) is 66.3 Å². The molecule has 0 radical (unpaired) electrons. The summed E-state index contributed by atoms with van der Waals surface area (Å²) in [6.45, 7) is 3.93. The smallest absolute Gasteiger partial charge is 0.416 e. The van der Waals surface area contributed by atoms with Crippen LogP contribution in [-0.4, -0.2) is 18.7 Å². The summed E-state index contributed by atoms with van der Waals surface area (Å²) < 4.78 is 43.2. The summed E-state index contributed by atoms with van der Waals surface area (Å²) in [5.41, 5.74) is 1.87. The molecule has 0 heterocycles. The molecule has 0 unspecified atom stereocenters. The van der Waals surface area contributed by atoms with Gasteiger partial charge in [0.05, 0.1) is 11.8 Å². The van der Waals surface area contributed by atoms with Gasteiger partial charge in [0.25, 0.3) is 5.91 Å². The average molecular weight is 348 g/mol. The monoisotopic (exact) mass is 348 g/mol. The molecular weight excluding hydrogens is 333 g/mol. The Morgan fingerprint density at radius 2 is 1.92 bits per heavy atom. The van der Waals surface area contributed by atoms with E-state index in [-0.39, 0.29) is 5.56 Å². The Labute approximate surface area is 142 Å². The lowest BCUT2D eigenvalue weighted by Gasteiger charge is -2.07. The Morgan fingerprint density at radius 3 is 2.56 bits per heavy atom. The molecule has 0 aromatic heterocycles. The number of nitrogens with zero attached hydrogens (tertiary/aromatic N) is 1. The average Bonchev–Trinajstić information content (AvgIpc) is 2.60. The maximum Gasteiger partial charge on any atom is 0.416 e. The van der Waals surface area contributed by atoms with Crippen LogP contribution in [0.4, 0.5) is 13.2 Å². The van der Waals surface area contributed by atoms with Crippen LogP contribution in [0.1, 0.15) is 21.5 Å². The second kappa shape index (κ2) is 8.14. The number of hydrogen-bond acceptors (Lipinski definition) is 3. The Bertz CT molecular complexity index is 769. The molecule has 0 atom stereocenters. The molecule has 1 N–H and O–H groups in total. The number of nitrogens with one attached hydrogen (secondary N) is 1. The number of rotatable bonds is 6. The lowest BCUT2D eigenvalue weighted by atomic mass is 10.1. The van der Waals surface area contributed by atoms with E-state index in [0.29, 0.717) is 17.9 Å². The highest BCUT2D eigenvalue weighted by Gasteiger charge is 2.30. The van der Waals surface area contributed by atoms with Gasteiger partial charge in [0.2, 0.25) is 0 Å². The van der Waals surface area contributed by atoms with Crippen LogP contribution in [0, 0.1) is 0 Å². The van der Waals surface area contributed by atoms with Crippen molar-refractivity contribution in [2.75, 3.05) is 6.61 Å². The second-order valence-electron chi connectivity index (χ2n) is 4.95. The first-order valence-electron chi connectivity index (χ1n) is 7.24. The lowest BCUT2D eigenvalue weighted by Crippen LogP contribution is -2.18. The van der Waals surface area contributed by atoms with Gasteiger partial charge in [0.1, 0.15) is 12.4 Å². The molecule has 0 saturated heterocycles. The molecule has 0 aliphatic carbocycles. The van der Waals surface area contributed by atoms with Crippen molar-refractivity contribution in [3.8, 4) is 5.75 Å². The van der Waals surface area contributed by atoms with Crippen molar-refractivity contribution < 1.29 is 22.7 Å². The van der Waals surface area contributed by atoms with Crippen LogP contribution < -0.4 is 10.2 Å². The third-order valence-electron chi connectivity index (χ3n) is 3.08. The maximum atomic E-state index is 12.6. The third kappa shape index (κ3) is 5.49. The molecule has 2 aromatic carbocycles. The van der Waals surface area contributed by atoms with Crippen LogP contribution in [0.5, 0.6) is 5.75 Å². The van der Waals surface area contributed by atoms with Gasteiger partial charge >= 0.3 is 6.18 Å². The summed E-state index contributed by atoms with van der Waals surface area (Å²) in [5.74, 6) is -0.0710. The van der Waals surface area contributed by atoms with Gasteiger partial charge in [-0.05, 0) is 48.0 Å². The number of hydrazone groups is 1. The molecule has 0 saturated carbocycles. The van der Waals surface area contributed by atoms with Gasteiger partial charge in [-0.25, -0.2) is 5.43 Å². The summed E-state index contributed by atoms with van der Waals surface area (Å²) >= 11 is 0. The zero-order valence-electron chi connectivity index (χ0n) is 13.1. The third-order valence-corrected chi connectivity index (χ3v) is 3.08. The first-order chi connectivity index (χ1) is 11.9. The highest BCUT2D eigenvalue weighted by Crippen LogP contribution is 2.29. The van der Waals surface area contributed by atoms with Crippen molar-refractivity contribution in [1.82, 2.24) is 5.43 Å². The Hall–Kier alpha value is -3.09. The predicted molar refractivity (Wildman–Crippen MR) is 88.6 cm³/mol. The summed E-state index contributed by atoms with van der Waals surface area (Å²) in [4.78, 5) is 11.9. The van der Waals surface area contributed by atoms with Crippen molar-refractivity contribution in [3.05, 3.63) is 77.9 Å². The van der Waals surface area contributed by atoms with Crippen LogP contribution >= 0.6 is 0 Å². The van der Waals surface area contributed by atoms with E-state index in [1.165, 1.54) is 18.3 Å². The zero-order chi connectivity index (χ0) is 18.3. The van der Waals surface area contributed by atoms with E-state index >= 15 is 0 Å². The number of carbonyl (C=O) groups is 1. The lowest BCUT2D eigenvalue weighted by molar-refractivity contribution is -0.137. The van der Waals surface area contributed by atoms with Crippen LogP contribution in [0.2, 0.25) is 0 Å². The standard InChI is InChI=1S/C18H15F3N2O2/c1-2-10-25-16-8-6-13(7-9-16)12-22-23-17(24)14-4-3-5-15(11-14)18(19,20)21/h2-9,11-12H,1,10H2,(H,23,24)/b22-12-. The minimum Gasteiger partial charge on any atom is -0.490 e. The van der Waals surface area contributed by atoms with Gasteiger partial charge in [-0.15, -0.1) is 0 Å². The number of carbonyl (C=O) groups excluding carboxylic acids is 1. The first-order valence-corrected chi connectivity index (χ1v) is 7.24. The normalized spacial score (nSPS) is 11.3. The van der Waals surface area contributed by atoms with E-state index in [9.17, 15) is 18.0 Å². The minimum atomic E-state index is -4.50. The molecular formula is C18H15F3N2O2. The Kier molecular flexibility index (Phi) is 5.94. The highest BCUT2D eigenvalue weighted by molar-refractivity contribution is 5.95. The van der Waals surface area contributed by atoms with Gasteiger partial charge in [0.15, 0.2) is 0 Å². The number of alkyl halides is 3. The van der Waals surface area contributed by atoms with Crippen molar-refractivity contribution >= 4 is 12.1 Å². The fourth-order valence-electron chi connectivity index (χ4n) is 1.87. The van der Waals surface area contributed by atoms with Gasteiger partial charge in [-0.2, -0.15) is 18.3 Å². The van der Waals surface area contributed by atoms with Crippen LogP contribution in [-0.2, 0) is 6.18 Å². The summed E-state index contributed by atoms with van der Waals surface area (Å²) in [5, 5.41) is 3.74. The number of ether oxygens (including phenoxy) is 1. The number of amides is 1. The van der Waals surface area contributed by atoms with Gasteiger partial charge in [-0.3, -0.25) is 4.79 Å². The maximum absolute atomic E-state index is 12.6. The molecule has 130 valence electrons. The van der Waals surface area contributed by atoms with Crippen molar-refractivity contribution in [3.63, 3.8) is 0 Å². The van der Waals surface area contributed by atoms with Gasteiger partial charge < -0.3 is 4.74 Å². The molecule has 25 heavy (non-hydrogen) atoms. The fraction of sp³-hybridized carbons (Fsp3) is 0.111. The molecule has 1 amide bonds.